The number of aliphatic hydroxyl groups excluding tert-OH is 2. The fourth-order valence-corrected chi connectivity index (χ4v) is 2.24. The van der Waals surface area contributed by atoms with Crippen LogP contribution in [0.1, 0.15) is 58.3 Å². The molecule has 0 bridgehead atoms. The second-order valence-electron chi connectivity index (χ2n) is 5.38. The second-order valence-corrected chi connectivity index (χ2v) is 5.38. The summed E-state index contributed by atoms with van der Waals surface area (Å²) in [4.78, 5) is 12.4. The van der Waals surface area contributed by atoms with Gasteiger partial charge in [0.25, 0.3) is 0 Å². The molecule has 21 heavy (non-hydrogen) atoms. The number of carboxylic acid groups (broad SMARTS) is 1. The van der Waals surface area contributed by atoms with Crippen molar-refractivity contribution in [1.82, 2.24) is 4.90 Å². The van der Waals surface area contributed by atoms with Crippen molar-refractivity contribution in [3.8, 4) is 0 Å². The van der Waals surface area contributed by atoms with Gasteiger partial charge >= 0.3 is 5.97 Å². The summed E-state index contributed by atoms with van der Waals surface area (Å²) in [6.45, 7) is 3.42. The number of hydrogen-bond donors (Lipinski definition) is 3. The maximum atomic E-state index is 10.5. The third-order valence-electron chi connectivity index (χ3n) is 3.42. The van der Waals surface area contributed by atoms with Gasteiger partial charge in [0.15, 0.2) is 0 Å². The SMILES string of the molecule is CCCCCCCCC(O)CN(CCO)CCC(=O)O.[Na]. The van der Waals surface area contributed by atoms with E-state index in [1.807, 2.05) is 4.90 Å². The van der Waals surface area contributed by atoms with Gasteiger partial charge in [0.05, 0.1) is 19.1 Å². The summed E-state index contributed by atoms with van der Waals surface area (Å²) in [6.07, 6.45) is 7.53. The summed E-state index contributed by atoms with van der Waals surface area (Å²) in [5.41, 5.74) is 0. The molecule has 121 valence electrons. The Balaban J connectivity index is 0. The van der Waals surface area contributed by atoms with Crippen LogP contribution in [0.4, 0.5) is 0 Å². The molecule has 0 saturated carbocycles. The first-order valence-corrected chi connectivity index (χ1v) is 7.83. The number of carboxylic acids is 1. The van der Waals surface area contributed by atoms with Gasteiger partial charge in [-0.05, 0) is 6.42 Å². The zero-order chi connectivity index (χ0) is 15.2. The molecule has 3 N–H and O–H groups in total. The molecule has 0 heterocycles. The standard InChI is InChI=1S/C15H31NO4.Na/c1-2-3-4-5-6-7-8-14(18)13-16(11-12-17)10-9-15(19)20;/h14,17-18H,2-13H2,1H3,(H,19,20);. The van der Waals surface area contributed by atoms with Gasteiger partial charge in [-0.3, -0.25) is 9.69 Å². The van der Waals surface area contributed by atoms with Crippen LogP contribution < -0.4 is 0 Å². The molecule has 0 aliphatic carbocycles. The van der Waals surface area contributed by atoms with Crippen molar-refractivity contribution in [2.24, 2.45) is 0 Å². The Morgan fingerprint density at radius 2 is 1.71 bits per heavy atom. The predicted octanol–water partition coefficient (Wildman–Crippen LogP) is 1.49. The van der Waals surface area contributed by atoms with E-state index in [4.69, 9.17) is 10.2 Å². The average molecular weight is 312 g/mol. The topological polar surface area (TPSA) is 81.0 Å². The van der Waals surface area contributed by atoms with Crippen molar-refractivity contribution >= 4 is 35.5 Å². The average Bonchev–Trinajstić information content (AvgIpc) is 2.40. The monoisotopic (exact) mass is 312 g/mol. The summed E-state index contributed by atoms with van der Waals surface area (Å²) in [7, 11) is 0. The van der Waals surface area contributed by atoms with Crippen LogP contribution in [0.15, 0.2) is 0 Å². The van der Waals surface area contributed by atoms with Crippen molar-refractivity contribution in [3.63, 3.8) is 0 Å². The smallest absolute Gasteiger partial charge is 0.304 e. The van der Waals surface area contributed by atoms with E-state index >= 15 is 0 Å². The second kappa shape index (κ2) is 16.7. The van der Waals surface area contributed by atoms with E-state index in [-0.39, 0.29) is 42.6 Å². The minimum Gasteiger partial charge on any atom is -0.481 e. The summed E-state index contributed by atoms with van der Waals surface area (Å²) in [5, 5.41) is 27.5. The quantitative estimate of drug-likeness (QED) is 0.334. The van der Waals surface area contributed by atoms with Crippen LogP contribution in [0.2, 0.25) is 0 Å². The molecule has 5 nitrogen and oxygen atoms in total. The number of aliphatic hydroxyl groups is 2. The normalized spacial score (nSPS) is 12.2. The molecule has 6 heteroatoms. The molecule has 1 atom stereocenters. The summed E-state index contributed by atoms with van der Waals surface area (Å²) in [5.74, 6) is -0.849. The molecule has 0 fully saturated rings. The van der Waals surface area contributed by atoms with Crippen LogP contribution in [-0.2, 0) is 4.79 Å². The number of carbonyl (C=O) groups is 1. The van der Waals surface area contributed by atoms with E-state index in [1.54, 1.807) is 0 Å². The van der Waals surface area contributed by atoms with E-state index in [9.17, 15) is 9.90 Å². The van der Waals surface area contributed by atoms with Gasteiger partial charge in [0.2, 0.25) is 0 Å². The number of nitrogens with zero attached hydrogens (tertiary/aromatic N) is 1. The Morgan fingerprint density at radius 1 is 1.10 bits per heavy atom. The van der Waals surface area contributed by atoms with E-state index in [2.05, 4.69) is 6.92 Å². The maximum absolute atomic E-state index is 10.5. The molecule has 0 rings (SSSR count). The van der Waals surface area contributed by atoms with Crippen molar-refractivity contribution in [2.45, 2.75) is 64.4 Å². The fourth-order valence-electron chi connectivity index (χ4n) is 2.24. The van der Waals surface area contributed by atoms with Crippen LogP contribution in [0, 0.1) is 0 Å². The number of aliphatic carboxylic acids is 1. The predicted molar refractivity (Wildman–Crippen MR) is 85.5 cm³/mol. The van der Waals surface area contributed by atoms with Gasteiger partial charge in [0, 0.05) is 49.2 Å². The zero-order valence-electron chi connectivity index (χ0n) is 13.8. The van der Waals surface area contributed by atoms with Gasteiger partial charge < -0.3 is 15.3 Å². The minimum atomic E-state index is -0.849. The van der Waals surface area contributed by atoms with Crippen LogP contribution in [0.25, 0.3) is 0 Å². The molecule has 0 aliphatic rings. The maximum Gasteiger partial charge on any atom is 0.304 e. The molecule has 0 aromatic heterocycles. The fraction of sp³-hybridized carbons (Fsp3) is 0.933. The van der Waals surface area contributed by atoms with Crippen LogP contribution in [0.3, 0.4) is 0 Å². The Labute approximate surface area is 151 Å². The Hall–Kier alpha value is 0.350. The van der Waals surface area contributed by atoms with Crippen LogP contribution in [0.5, 0.6) is 0 Å². The Morgan fingerprint density at radius 3 is 2.29 bits per heavy atom. The molecule has 0 aromatic carbocycles. The Bertz CT molecular complexity index is 242. The van der Waals surface area contributed by atoms with Gasteiger partial charge in [0.1, 0.15) is 0 Å². The third kappa shape index (κ3) is 16.5. The number of hydrogen-bond acceptors (Lipinski definition) is 4. The molecule has 1 radical (unpaired) electrons. The van der Waals surface area contributed by atoms with Gasteiger partial charge in [-0.2, -0.15) is 0 Å². The molecule has 0 amide bonds. The number of unbranched alkanes of at least 4 members (excludes halogenated alkanes) is 5. The summed E-state index contributed by atoms with van der Waals surface area (Å²) in [6, 6.07) is 0. The molecule has 0 aromatic rings. The third-order valence-corrected chi connectivity index (χ3v) is 3.42. The van der Waals surface area contributed by atoms with E-state index in [0.717, 1.165) is 19.3 Å². The van der Waals surface area contributed by atoms with Crippen LogP contribution >= 0.6 is 0 Å². The molecule has 0 saturated heterocycles. The van der Waals surface area contributed by atoms with E-state index < -0.39 is 12.1 Å². The zero-order valence-corrected chi connectivity index (χ0v) is 15.8. The summed E-state index contributed by atoms with van der Waals surface area (Å²) < 4.78 is 0. The summed E-state index contributed by atoms with van der Waals surface area (Å²) >= 11 is 0. The van der Waals surface area contributed by atoms with Crippen molar-refractivity contribution in [1.29, 1.82) is 0 Å². The molecular formula is C15H31NNaO4. The Kier molecular flexibility index (Phi) is 18.8. The van der Waals surface area contributed by atoms with E-state index in [1.165, 1.54) is 25.7 Å². The van der Waals surface area contributed by atoms with Gasteiger partial charge in [-0.15, -0.1) is 0 Å². The van der Waals surface area contributed by atoms with Crippen molar-refractivity contribution < 1.29 is 20.1 Å². The van der Waals surface area contributed by atoms with Gasteiger partial charge in [-0.25, -0.2) is 0 Å². The first-order valence-electron chi connectivity index (χ1n) is 7.83. The molecular weight excluding hydrogens is 281 g/mol. The van der Waals surface area contributed by atoms with Crippen molar-refractivity contribution in [2.75, 3.05) is 26.2 Å². The molecule has 0 spiro atoms. The largest absolute Gasteiger partial charge is 0.481 e. The number of rotatable bonds is 14. The molecule has 0 aliphatic heterocycles. The minimum absolute atomic E-state index is 0. The van der Waals surface area contributed by atoms with Crippen LogP contribution in [-0.4, -0.2) is 88.1 Å². The van der Waals surface area contributed by atoms with Crippen molar-refractivity contribution in [3.05, 3.63) is 0 Å². The molecule has 1 unspecified atom stereocenters. The van der Waals surface area contributed by atoms with E-state index in [0.29, 0.717) is 19.6 Å². The first kappa shape index (κ1) is 23.6. The first-order chi connectivity index (χ1) is 9.60. The van der Waals surface area contributed by atoms with Gasteiger partial charge in [-0.1, -0.05) is 45.4 Å².